The molecule has 2 aromatic rings. The van der Waals surface area contributed by atoms with Crippen molar-refractivity contribution in [3.8, 4) is 5.75 Å². The zero-order chi connectivity index (χ0) is 24.5. The molecule has 0 aliphatic carbocycles. The molecular formula is C21H24NO11-. The minimum atomic E-state index is -2.66. The molecule has 0 saturated carbocycles. The number of carboxylic acids is 1. The van der Waals surface area contributed by atoms with E-state index in [1.807, 2.05) is 0 Å². The topological polar surface area (TPSA) is 199 Å². The SMILES string of the molecule is CC(=O)N[C@H]1[C@H]([C@H](O)[C@H](O)CO)O[C@](Oc2ccc3c(C)cc(=O)oc3c2)(C(=O)[O-])C[C@@H]1O. The largest absolute Gasteiger partial charge is 0.543 e. The molecule has 1 aromatic carbocycles. The number of carbonyl (C=O) groups is 2. The highest BCUT2D eigenvalue weighted by molar-refractivity contribution is 5.81. The monoisotopic (exact) mass is 466 g/mol. The summed E-state index contributed by atoms with van der Waals surface area (Å²) in [5.74, 6) is -5.32. The van der Waals surface area contributed by atoms with Crippen molar-refractivity contribution in [1.82, 2.24) is 5.32 Å². The zero-order valence-corrected chi connectivity index (χ0v) is 17.8. The van der Waals surface area contributed by atoms with Crippen molar-refractivity contribution in [3.63, 3.8) is 0 Å². The van der Waals surface area contributed by atoms with Gasteiger partial charge in [-0.15, -0.1) is 0 Å². The maximum absolute atomic E-state index is 12.1. The normalized spacial score (nSPS) is 27.0. The Kier molecular flexibility index (Phi) is 7.05. The molecule has 33 heavy (non-hydrogen) atoms. The summed E-state index contributed by atoms with van der Waals surface area (Å²) < 4.78 is 16.1. The van der Waals surface area contributed by atoms with Gasteiger partial charge in [0, 0.05) is 30.9 Å². The Hall–Kier alpha value is -3.03. The molecule has 1 aliphatic heterocycles. The fourth-order valence-corrected chi connectivity index (χ4v) is 3.78. The van der Waals surface area contributed by atoms with Crippen LogP contribution >= 0.6 is 0 Å². The van der Waals surface area contributed by atoms with E-state index in [1.54, 1.807) is 6.92 Å². The number of benzene rings is 1. The van der Waals surface area contributed by atoms with Crippen molar-refractivity contribution < 1.29 is 49.0 Å². The highest BCUT2D eigenvalue weighted by atomic mass is 16.7. The Labute approximate surface area is 187 Å². The molecule has 0 unspecified atom stereocenters. The van der Waals surface area contributed by atoms with Crippen LogP contribution in [0.25, 0.3) is 11.0 Å². The standard InChI is InChI=1S/C21H25NO11/c1-9-5-16(27)31-15-6-11(3-4-12(9)15)32-21(20(29)30)7-13(25)17(22-10(2)24)19(33-21)18(28)14(26)8-23/h3-6,13-14,17-19,23,25-26,28H,7-8H2,1-2H3,(H,22,24)(H,29,30)/p-1/t13-,14+,17+,18+,19+,21-/m0/s1. The van der Waals surface area contributed by atoms with Crippen LogP contribution < -0.4 is 20.8 Å². The number of nitrogens with one attached hydrogen (secondary N) is 1. The average Bonchev–Trinajstić information content (AvgIpc) is 2.73. The molecule has 12 heteroatoms. The number of amides is 1. The van der Waals surface area contributed by atoms with Crippen LogP contribution in [0.4, 0.5) is 0 Å². The predicted molar refractivity (Wildman–Crippen MR) is 108 cm³/mol. The van der Waals surface area contributed by atoms with Crippen LogP contribution in [0.2, 0.25) is 0 Å². The molecule has 6 atom stereocenters. The van der Waals surface area contributed by atoms with Gasteiger partial charge in [-0.1, -0.05) is 0 Å². The van der Waals surface area contributed by atoms with Crippen molar-refractivity contribution in [2.24, 2.45) is 0 Å². The number of aliphatic carboxylic acids is 1. The van der Waals surface area contributed by atoms with Gasteiger partial charge in [0.15, 0.2) is 0 Å². The van der Waals surface area contributed by atoms with Crippen molar-refractivity contribution in [3.05, 3.63) is 40.2 Å². The lowest BCUT2D eigenvalue weighted by Gasteiger charge is -2.48. The van der Waals surface area contributed by atoms with Gasteiger partial charge in [0.05, 0.1) is 18.8 Å². The average molecular weight is 466 g/mol. The van der Waals surface area contributed by atoms with Crippen molar-refractivity contribution in [1.29, 1.82) is 0 Å². The van der Waals surface area contributed by atoms with Gasteiger partial charge in [-0.25, -0.2) is 4.79 Å². The molecule has 1 saturated heterocycles. The van der Waals surface area contributed by atoms with Crippen molar-refractivity contribution >= 4 is 22.8 Å². The fraction of sp³-hybridized carbons (Fsp3) is 0.476. The van der Waals surface area contributed by atoms with Crippen LogP contribution in [-0.4, -0.2) is 75.2 Å². The van der Waals surface area contributed by atoms with E-state index in [1.165, 1.54) is 24.3 Å². The maximum atomic E-state index is 12.1. The smallest absolute Gasteiger partial charge is 0.336 e. The first-order valence-electron chi connectivity index (χ1n) is 10.0. The van der Waals surface area contributed by atoms with E-state index in [9.17, 15) is 39.9 Å². The summed E-state index contributed by atoms with van der Waals surface area (Å²) in [5.41, 5.74) is 0.0901. The lowest BCUT2D eigenvalue weighted by Crippen LogP contribution is -2.70. The molecule has 2 heterocycles. The van der Waals surface area contributed by atoms with Gasteiger partial charge in [-0.2, -0.15) is 0 Å². The molecule has 3 rings (SSSR count). The summed E-state index contributed by atoms with van der Waals surface area (Å²) >= 11 is 0. The minimum absolute atomic E-state index is 0.103. The van der Waals surface area contributed by atoms with E-state index in [2.05, 4.69) is 5.32 Å². The third-order valence-electron chi connectivity index (χ3n) is 5.38. The number of carbonyl (C=O) groups excluding carboxylic acids is 2. The number of ether oxygens (including phenoxy) is 2. The third-order valence-corrected chi connectivity index (χ3v) is 5.38. The second kappa shape index (κ2) is 9.45. The van der Waals surface area contributed by atoms with Crippen molar-refractivity contribution in [2.75, 3.05) is 6.61 Å². The first kappa shape index (κ1) is 24.6. The molecule has 0 spiro atoms. The van der Waals surface area contributed by atoms with Crippen LogP contribution in [0.1, 0.15) is 18.9 Å². The van der Waals surface area contributed by atoms with Crippen LogP contribution in [0, 0.1) is 6.92 Å². The first-order valence-corrected chi connectivity index (χ1v) is 10.0. The summed E-state index contributed by atoms with van der Waals surface area (Å²) in [4.78, 5) is 35.4. The summed E-state index contributed by atoms with van der Waals surface area (Å²) in [6.07, 6.45) is -7.76. The van der Waals surface area contributed by atoms with E-state index in [4.69, 9.17) is 13.9 Å². The summed E-state index contributed by atoms with van der Waals surface area (Å²) in [5, 5.41) is 55.1. The van der Waals surface area contributed by atoms with Gasteiger partial charge in [-0.05, 0) is 24.6 Å². The van der Waals surface area contributed by atoms with E-state index < -0.39 is 66.8 Å². The summed E-state index contributed by atoms with van der Waals surface area (Å²) in [7, 11) is 0. The zero-order valence-electron chi connectivity index (χ0n) is 17.8. The number of aliphatic hydroxyl groups excluding tert-OH is 4. The Morgan fingerprint density at radius 2 is 2.03 bits per heavy atom. The molecule has 0 bridgehead atoms. The Morgan fingerprint density at radius 1 is 1.33 bits per heavy atom. The second-order valence-corrected chi connectivity index (χ2v) is 7.87. The molecule has 180 valence electrons. The summed E-state index contributed by atoms with van der Waals surface area (Å²) in [6, 6.07) is 4.09. The fourth-order valence-electron chi connectivity index (χ4n) is 3.78. The van der Waals surface area contributed by atoms with Gasteiger partial charge in [0.25, 0.3) is 5.79 Å². The summed E-state index contributed by atoms with van der Waals surface area (Å²) in [6.45, 7) is 1.90. The van der Waals surface area contributed by atoms with E-state index in [-0.39, 0.29) is 11.3 Å². The lowest BCUT2D eigenvalue weighted by atomic mass is 9.88. The predicted octanol–water partition coefficient (Wildman–Crippen LogP) is -2.70. The highest BCUT2D eigenvalue weighted by Crippen LogP contribution is 2.35. The third kappa shape index (κ3) is 4.99. The number of hydrogen-bond acceptors (Lipinski definition) is 11. The van der Waals surface area contributed by atoms with Crippen LogP contribution in [0.3, 0.4) is 0 Å². The Morgan fingerprint density at radius 3 is 2.64 bits per heavy atom. The molecular weight excluding hydrogens is 442 g/mol. The van der Waals surface area contributed by atoms with Crippen LogP contribution in [0.15, 0.2) is 33.5 Å². The molecule has 1 aromatic heterocycles. The molecule has 1 fully saturated rings. The number of hydrogen-bond donors (Lipinski definition) is 5. The van der Waals surface area contributed by atoms with Gasteiger partial charge in [-0.3, -0.25) is 4.79 Å². The molecule has 0 radical (unpaired) electrons. The first-order chi connectivity index (χ1) is 15.5. The molecule has 1 aliphatic rings. The second-order valence-electron chi connectivity index (χ2n) is 7.87. The number of rotatable bonds is 7. The van der Waals surface area contributed by atoms with Crippen LogP contribution in [-0.2, 0) is 14.3 Å². The Bertz CT molecular complexity index is 1100. The number of fused-ring (bicyclic) bond motifs is 1. The highest BCUT2D eigenvalue weighted by Gasteiger charge is 2.53. The quantitative estimate of drug-likeness (QED) is 0.266. The van der Waals surface area contributed by atoms with Crippen molar-refractivity contribution in [2.45, 2.75) is 56.5 Å². The lowest BCUT2D eigenvalue weighted by molar-refractivity contribution is -0.367. The molecule has 1 amide bonds. The van der Waals surface area contributed by atoms with Gasteiger partial charge in [0.2, 0.25) is 5.91 Å². The van der Waals surface area contributed by atoms with E-state index >= 15 is 0 Å². The van der Waals surface area contributed by atoms with Gasteiger partial charge < -0.3 is 49.5 Å². The van der Waals surface area contributed by atoms with E-state index in [0.29, 0.717) is 10.9 Å². The van der Waals surface area contributed by atoms with E-state index in [0.717, 1.165) is 6.92 Å². The van der Waals surface area contributed by atoms with Gasteiger partial charge in [0.1, 0.15) is 35.6 Å². The number of aryl methyl sites for hydroxylation is 1. The van der Waals surface area contributed by atoms with Crippen LogP contribution in [0.5, 0.6) is 5.75 Å². The Balaban J connectivity index is 2.01. The minimum Gasteiger partial charge on any atom is -0.543 e. The maximum Gasteiger partial charge on any atom is 0.336 e. The van der Waals surface area contributed by atoms with Gasteiger partial charge >= 0.3 is 5.63 Å². The number of carboxylic acid groups (broad SMARTS) is 1. The number of aliphatic hydroxyl groups is 4. The molecule has 5 N–H and O–H groups in total. The molecule has 12 nitrogen and oxygen atoms in total.